The zero-order chi connectivity index (χ0) is 12.0. The third-order valence-electron chi connectivity index (χ3n) is 2.23. The van der Waals surface area contributed by atoms with Gasteiger partial charge in [0, 0.05) is 12.8 Å². The summed E-state index contributed by atoms with van der Waals surface area (Å²) in [6, 6.07) is 7.79. The minimum absolute atomic E-state index is 0.193. The van der Waals surface area contributed by atoms with Crippen LogP contribution in [0.25, 0.3) is 0 Å². The lowest BCUT2D eigenvalue weighted by Gasteiger charge is -2.12. The van der Waals surface area contributed by atoms with Gasteiger partial charge in [0.2, 0.25) is 5.91 Å². The average Bonchev–Trinajstić information content (AvgIpc) is 2.28. The first-order chi connectivity index (χ1) is 7.63. The molecular formula is C12H17NO3. The first-order valence-electron chi connectivity index (χ1n) is 5.15. The second kappa shape index (κ2) is 6.12. The van der Waals surface area contributed by atoms with Gasteiger partial charge in [-0.3, -0.25) is 9.63 Å². The maximum atomic E-state index is 10.6. The van der Waals surface area contributed by atoms with Crippen molar-refractivity contribution in [2.45, 2.75) is 19.8 Å². The lowest BCUT2D eigenvalue weighted by Crippen LogP contribution is -2.22. The largest absolute Gasteiger partial charge is 0.497 e. The predicted octanol–water partition coefficient (Wildman–Crippen LogP) is 1.87. The van der Waals surface area contributed by atoms with Crippen LogP contribution >= 0.6 is 0 Å². The van der Waals surface area contributed by atoms with E-state index in [1.54, 1.807) is 7.11 Å². The molecule has 16 heavy (non-hydrogen) atoms. The van der Waals surface area contributed by atoms with Crippen molar-refractivity contribution in [3.05, 3.63) is 29.8 Å². The molecule has 4 heteroatoms. The summed E-state index contributed by atoms with van der Waals surface area (Å²) in [4.78, 5) is 15.6. The van der Waals surface area contributed by atoms with E-state index < -0.39 is 0 Å². The van der Waals surface area contributed by atoms with Crippen LogP contribution < -0.4 is 10.2 Å². The zero-order valence-corrected chi connectivity index (χ0v) is 9.82. The number of hydroxylamine groups is 1. The van der Waals surface area contributed by atoms with Gasteiger partial charge in [0.05, 0.1) is 13.7 Å². The normalized spacial score (nSPS) is 11.9. The summed E-state index contributed by atoms with van der Waals surface area (Å²) in [5.74, 6) is 0.860. The van der Waals surface area contributed by atoms with Crippen molar-refractivity contribution < 1.29 is 14.4 Å². The van der Waals surface area contributed by atoms with Crippen molar-refractivity contribution >= 4 is 5.91 Å². The summed E-state index contributed by atoms with van der Waals surface area (Å²) in [7, 11) is 1.64. The lowest BCUT2D eigenvalue weighted by atomic mass is 10.0. The van der Waals surface area contributed by atoms with E-state index in [2.05, 4.69) is 5.48 Å². The molecule has 0 aliphatic carbocycles. The Labute approximate surface area is 95.5 Å². The summed E-state index contributed by atoms with van der Waals surface area (Å²) in [6.45, 7) is 3.90. The van der Waals surface area contributed by atoms with Crippen molar-refractivity contribution in [3.63, 3.8) is 0 Å². The minimum Gasteiger partial charge on any atom is -0.497 e. The van der Waals surface area contributed by atoms with Gasteiger partial charge < -0.3 is 4.74 Å². The van der Waals surface area contributed by atoms with Crippen LogP contribution in [-0.4, -0.2) is 19.6 Å². The molecule has 1 aromatic rings. The highest BCUT2D eigenvalue weighted by atomic mass is 16.6. The number of carbonyl (C=O) groups excluding carboxylic acids is 1. The van der Waals surface area contributed by atoms with Gasteiger partial charge in [-0.15, -0.1) is 0 Å². The van der Waals surface area contributed by atoms with Crippen LogP contribution in [0.5, 0.6) is 5.75 Å². The summed E-state index contributed by atoms with van der Waals surface area (Å²) in [5.41, 5.74) is 3.45. The fourth-order valence-corrected chi connectivity index (χ4v) is 1.30. The Balaban J connectivity index is 2.45. The van der Waals surface area contributed by atoms with E-state index in [0.717, 1.165) is 11.3 Å². The van der Waals surface area contributed by atoms with Crippen LogP contribution in [-0.2, 0) is 9.63 Å². The van der Waals surface area contributed by atoms with E-state index in [1.807, 2.05) is 31.2 Å². The number of hydrogen-bond acceptors (Lipinski definition) is 3. The number of amides is 1. The number of ether oxygens (including phenoxy) is 1. The van der Waals surface area contributed by atoms with E-state index >= 15 is 0 Å². The fraction of sp³-hybridized carbons (Fsp3) is 0.417. The smallest absolute Gasteiger partial charge is 0.240 e. The van der Waals surface area contributed by atoms with E-state index in [1.165, 1.54) is 6.92 Å². The van der Waals surface area contributed by atoms with Crippen molar-refractivity contribution in [1.82, 2.24) is 5.48 Å². The van der Waals surface area contributed by atoms with Crippen molar-refractivity contribution in [2.75, 3.05) is 13.7 Å². The number of hydrogen-bond donors (Lipinski definition) is 1. The molecule has 1 atom stereocenters. The summed E-state index contributed by atoms with van der Waals surface area (Å²) in [5, 5.41) is 0. The van der Waals surface area contributed by atoms with Crippen LogP contribution in [0.15, 0.2) is 24.3 Å². The number of benzene rings is 1. The van der Waals surface area contributed by atoms with E-state index in [-0.39, 0.29) is 11.8 Å². The highest BCUT2D eigenvalue weighted by Crippen LogP contribution is 2.18. The van der Waals surface area contributed by atoms with Crippen LogP contribution in [0.4, 0.5) is 0 Å². The maximum Gasteiger partial charge on any atom is 0.240 e. The summed E-state index contributed by atoms with van der Waals surface area (Å²) >= 11 is 0. The van der Waals surface area contributed by atoms with Crippen LogP contribution in [0.3, 0.4) is 0 Å². The van der Waals surface area contributed by atoms with Crippen molar-refractivity contribution in [3.8, 4) is 5.75 Å². The molecule has 0 bridgehead atoms. The summed E-state index contributed by atoms with van der Waals surface area (Å²) in [6.07, 6.45) is 0. The SMILES string of the molecule is COc1ccc(C(C)CONC(C)=O)cc1. The predicted molar refractivity (Wildman–Crippen MR) is 61.2 cm³/mol. The van der Waals surface area contributed by atoms with Gasteiger partial charge in [0.1, 0.15) is 5.75 Å². The molecule has 88 valence electrons. The van der Waals surface area contributed by atoms with E-state index in [0.29, 0.717) is 6.61 Å². The van der Waals surface area contributed by atoms with E-state index in [9.17, 15) is 4.79 Å². The zero-order valence-electron chi connectivity index (χ0n) is 9.82. The van der Waals surface area contributed by atoms with Gasteiger partial charge in [-0.05, 0) is 17.7 Å². The quantitative estimate of drug-likeness (QED) is 0.775. The van der Waals surface area contributed by atoms with Gasteiger partial charge in [-0.2, -0.15) is 0 Å². The molecule has 0 aliphatic rings. The minimum atomic E-state index is -0.193. The monoisotopic (exact) mass is 223 g/mol. The van der Waals surface area contributed by atoms with Crippen LogP contribution in [0.1, 0.15) is 25.3 Å². The van der Waals surface area contributed by atoms with Gasteiger partial charge in [-0.1, -0.05) is 19.1 Å². The molecular weight excluding hydrogens is 206 g/mol. The molecule has 0 aromatic heterocycles. The Hall–Kier alpha value is -1.55. The first-order valence-corrected chi connectivity index (χ1v) is 5.15. The van der Waals surface area contributed by atoms with Crippen LogP contribution in [0.2, 0.25) is 0 Å². The Bertz CT molecular complexity index is 335. The second-order valence-corrected chi connectivity index (χ2v) is 3.64. The highest BCUT2D eigenvalue weighted by Gasteiger charge is 2.06. The number of carbonyl (C=O) groups is 1. The molecule has 0 spiro atoms. The molecule has 1 N–H and O–H groups in total. The second-order valence-electron chi connectivity index (χ2n) is 3.64. The molecule has 0 radical (unpaired) electrons. The molecule has 1 unspecified atom stereocenters. The topological polar surface area (TPSA) is 47.6 Å². The Morgan fingerprint density at radius 2 is 2.00 bits per heavy atom. The Morgan fingerprint density at radius 1 is 1.38 bits per heavy atom. The molecule has 1 amide bonds. The van der Waals surface area contributed by atoms with Crippen molar-refractivity contribution in [1.29, 1.82) is 0 Å². The molecule has 1 aromatic carbocycles. The molecule has 0 saturated heterocycles. The Morgan fingerprint density at radius 3 is 2.50 bits per heavy atom. The number of nitrogens with one attached hydrogen (secondary N) is 1. The third kappa shape index (κ3) is 3.90. The van der Waals surface area contributed by atoms with Gasteiger partial charge >= 0.3 is 0 Å². The maximum absolute atomic E-state index is 10.6. The molecule has 0 fully saturated rings. The highest BCUT2D eigenvalue weighted by molar-refractivity contribution is 5.71. The molecule has 0 heterocycles. The average molecular weight is 223 g/mol. The number of rotatable bonds is 5. The fourth-order valence-electron chi connectivity index (χ4n) is 1.30. The van der Waals surface area contributed by atoms with Gasteiger partial charge in [0.25, 0.3) is 0 Å². The lowest BCUT2D eigenvalue weighted by molar-refractivity contribution is -0.131. The standard InChI is InChI=1S/C12H17NO3/c1-9(8-16-13-10(2)14)11-4-6-12(15-3)7-5-11/h4-7,9H,8H2,1-3H3,(H,13,14). The number of methoxy groups -OCH3 is 1. The van der Waals surface area contributed by atoms with Crippen LogP contribution in [0, 0.1) is 0 Å². The molecule has 0 saturated carbocycles. The molecule has 1 rings (SSSR count). The Kier molecular flexibility index (Phi) is 4.79. The van der Waals surface area contributed by atoms with Gasteiger partial charge in [-0.25, -0.2) is 5.48 Å². The molecule has 4 nitrogen and oxygen atoms in total. The van der Waals surface area contributed by atoms with Crippen molar-refractivity contribution in [2.24, 2.45) is 0 Å². The first kappa shape index (κ1) is 12.5. The third-order valence-corrected chi connectivity index (χ3v) is 2.23. The summed E-state index contributed by atoms with van der Waals surface area (Å²) < 4.78 is 5.07. The van der Waals surface area contributed by atoms with Gasteiger partial charge in [0.15, 0.2) is 0 Å². The van der Waals surface area contributed by atoms with E-state index in [4.69, 9.17) is 9.57 Å². The molecule has 0 aliphatic heterocycles.